The lowest BCUT2D eigenvalue weighted by Gasteiger charge is -2.04. The number of hydrogen-bond donors (Lipinski definition) is 2. The van der Waals surface area contributed by atoms with Crippen LogP contribution in [0.1, 0.15) is 0 Å². The van der Waals surface area contributed by atoms with Gasteiger partial charge < -0.3 is 19.7 Å². The highest BCUT2D eigenvalue weighted by molar-refractivity contribution is 7.41. The summed E-state index contributed by atoms with van der Waals surface area (Å²) in [7, 11) is -0.821. The maximum atomic E-state index is 10.2. The fourth-order valence-electron chi connectivity index (χ4n) is 0.162. The first-order valence-electron chi connectivity index (χ1n) is 2.14. The molecule has 0 spiro atoms. The van der Waals surface area contributed by atoms with Gasteiger partial charge >= 0.3 is 14.6 Å². The highest BCUT2D eigenvalue weighted by Crippen LogP contribution is 2.30. The molecule has 6 heteroatoms. The molecule has 1 atom stereocenters. The monoisotopic (exact) mass is 153 g/mol. The van der Waals surface area contributed by atoms with E-state index >= 15 is 0 Å². The van der Waals surface area contributed by atoms with Crippen molar-refractivity contribution >= 4 is 14.6 Å². The first-order valence-corrected chi connectivity index (χ1v) is 3.27. The Labute approximate surface area is 53.8 Å². The fourth-order valence-corrected chi connectivity index (χ4v) is 0.485. The van der Waals surface area contributed by atoms with Gasteiger partial charge in [0.15, 0.2) is 0 Å². The van der Waals surface area contributed by atoms with Gasteiger partial charge in [-0.05, 0) is 0 Å². The molecular weight excluding hydrogens is 145 g/mol. The topological polar surface area (TPSA) is 81.8 Å². The lowest BCUT2D eigenvalue weighted by atomic mass is 10.7. The van der Waals surface area contributed by atoms with Gasteiger partial charge in [-0.2, -0.15) is 0 Å². The maximum Gasteiger partial charge on any atom is 0.396 e. The molecule has 0 fully saturated rings. The van der Waals surface area contributed by atoms with E-state index in [0.29, 0.717) is 0 Å². The minimum atomic E-state index is -2.05. The molecule has 0 aliphatic carbocycles. The fraction of sp³-hybridized carbons (Fsp3) is 0.667. The average molecular weight is 153 g/mol. The third-order valence-electron chi connectivity index (χ3n) is 0.503. The van der Waals surface area contributed by atoms with Crippen LogP contribution in [-0.2, 0) is 13.8 Å². The van der Waals surface area contributed by atoms with Gasteiger partial charge in [-0.15, -0.1) is 0 Å². The van der Waals surface area contributed by atoms with Crippen molar-refractivity contribution < 1.29 is 18.7 Å². The lowest BCUT2D eigenvalue weighted by Crippen LogP contribution is -2.14. The zero-order valence-corrected chi connectivity index (χ0v) is 5.80. The molecular formula is C3H8NO4P. The molecule has 1 unspecified atom stereocenters. The first kappa shape index (κ1) is 8.78. The molecule has 0 aromatic rings. The molecule has 54 valence electrons. The third-order valence-corrected chi connectivity index (χ3v) is 1.17. The van der Waals surface area contributed by atoms with Crippen molar-refractivity contribution in [1.29, 1.82) is 0 Å². The van der Waals surface area contributed by atoms with Crippen molar-refractivity contribution in [2.45, 2.75) is 0 Å². The van der Waals surface area contributed by atoms with Crippen LogP contribution >= 0.6 is 8.60 Å². The molecule has 0 rings (SSSR count). The van der Waals surface area contributed by atoms with E-state index < -0.39 is 14.6 Å². The second-order valence-electron chi connectivity index (χ2n) is 1.09. The molecule has 0 aromatic heterocycles. The summed E-state index contributed by atoms with van der Waals surface area (Å²) in [6.45, 7) is -0.247. The van der Waals surface area contributed by atoms with Gasteiger partial charge in [0.25, 0.3) is 0 Å². The molecule has 0 saturated carbocycles. The largest absolute Gasteiger partial charge is 0.396 e. The summed E-state index contributed by atoms with van der Waals surface area (Å²) in [5.74, 6) is -0.675. The summed E-state index contributed by atoms with van der Waals surface area (Å²) >= 11 is 0. The number of nitrogens with two attached hydrogens (primary N) is 1. The van der Waals surface area contributed by atoms with Crippen LogP contribution in [-0.4, -0.2) is 24.5 Å². The number of rotatable bonds is 3. The molecule has 0 aliphatic heterocycles. The Bertz CT molecular complexity index is 97.8. The van der Waals surface area contributed by atoms with Crippen molar-refractivity contribution in [1.82, 2.24) is 0 Å². The van der Waals surface area contributed by atoms with Crippen molar-refractivity contribution in [2.75, 3.05) is 13.7 Å². The molecule has 0 aromatic carbocycles. The summed E-state index contributed by atoms with van der Waals surface area (Å²) in [6, 6.07) is 0. The van der Waals surface area contributed by atoms with Crippen molar-refractivity contribution in [3.63, 3.8) is 0 Å². The van der Waals surface area contributed by atoms with Crippen LogP contribution in [0, 0.1) is 0 Å². The van der Waals surface area contributed by atoms with Gasteiger partial charge in [-0.3, -0.25) is 4.79 Å². The van der Waals surface area contributed by atoms with Crippen molar-refractivity contribution in [3.8, 4) is 0 Å². The average Bonchev–Trinajstić information content (AvgIpc) is 1.87. The van der Waals surface area contributed by atoms with Crippen LogP contribution in [0.15, 0.2) is 0 Å². The first-order chi connectivity index (χ1) is 4.20. The Morgan fingerprint density at radius 2 is 2.44 bits per heavy atom. The third kappa shape index (κ3) is 4.29. The van der Waals surface area contributed by atoms with Gasteiger partial charge in [-0.1, -0.05) is 0 Å². The Morgan fingerprint density at radius 3 is 2.78 bits per heavy atom. The second-order valence-corrected chi connectivity index (χ2v) is 2.11. The summed E-state index contributed by atoms with van der Waals surface area (Å²) in [5, 5.41) is 0. The SMILES string of the molecule is COP(O)OC(=O)CN. The van der Waals surface area contributed by atoms with Gasteiger partial charge in [0.2, 0.25) is 0 Å². The predicted octanol–water partition coefficient (Wildman–Crippen LogP) is -0.646. The number of carbonyl (C=O) groups excluding carboxylic acids is 1. The van der Waals surface area contributed by atoms with Crippen LogP contribution in [0.25, 0.3) is 0 Å². The van der Waals surface area contributed by atoms with E-state index in [1.54, 1.807) is 0 Å². The van der Waals surface area contributed by atoms with E-state index in [2.05, 4.69) is 9.05 Å². The lowest BCUT2D eigenvalue weighted by molar-refractivity contribution is -0.133. The highest BCUT2D eigenvalue weighted by atomic mass is 31.2. The minimum absolute atomic E-state index is 0.247. The molecule has 0 heterocycles. The van der Waals surface area contributed by atoms with Gasteiger partial charge in [-0.25, -0.2) is 0 Å². The van der Waals surface area contributed by atoms with Crippen molar-refractivity contribution in [3.05, 3.63) is 0 Å². The smallest absolute Gasteiger partial charge is 0.393 e. The molecule has 0 radical (unpaired) electrons. The summed E-state index contributed by atoms with van der Waals surface area (Å²) in [6.07, 6.45) is 0. The van der Waals surface area contributed by atoms with Gasteiger partial charge in [0.05, 0.1) is 6.54 Å². The van der Waals surface area contributed by atoms with E-state index in [0.717, 1.165) is 0 Å². The Morgan fingerprint density at radius 1 is 1.89 bits per heavy atom. The van der Waals surface area contributed by atoms with Gasteiger partial charge in [0.1, 0.15) is 0 Å². The Balaban J connectivity index is 3.34. The Kier molecular flexibility index (Phi) is 4.53. The summed E-state index contributed by atoms with van der Waals surface area (Å²) in [4.78, 5) is 18.7. The van der Waals surface area contributed by atoms with E-state index in [1.807, 2.05) is 0 Å². The van der Waals surface area contributed by atoms with Crippen LogP contribution < -0.4 is 5.73 Å². The quantitative estimate of drug-likeness (QED) is 0.526. The molecule has 5 nitrogen and oxygen atoms in total. The zero-order chi connectivity index (χ0) is 7.28. The van der Waals surface area contributed by atoms with Crippen LogP contribution in [0.2, 0.25) is 0 Å². The minimum Gasteiger partial charge on any atom is -0.393 e. The van der Waals surface area contributed by atoms with Crippen LogP contribution in [0.3, 0.4) is 0 Å². The molecule has 3 N–H and O–H groups in total. The molecule has 0 aliphatic rings. The van der Waals surface area contributed by atoms with Crippen molar-refractivity contribution in [2.24, 2.45) is 5.73 Å². The second kappa shape index (κ2) is 4.64. The number of hydrogen-bond acceptors (Lipinski definition) is 5. The molecule has 9 heavy (non-hydrogen) atoms. The van der Waals surface area contributed by atoms with E-state index in [1.165, 1.54) is 7.11 Å². The number of carbonyl (C=O) groups is 1. The van der Waals surface area contributed by atoms with Gasteiger partial charge in [0, 0.05) is 7.11 Å². The van der Waals surface area contributed by atoms with E-state index in [9.17, 15) is 4.79 Å². The standard InChI is InChI=1S/C3H8NO4P/c1-7-9(6)8-3(5)2-4/h6H,2,4H2,1H3. The summed E-state index contributed by atoms with van der Waals surface area (Å²) < 4.78 is 8.43. The highest BCUT2D eigenvalue weighted by Gasteiger charge is 2.08. The maximum absolute atomic E-state index is 10.2. The predicted molar refractivity (Wildman–Crippen MR) is 31.3 cm³/mol. The van der Waals surface area contributed by atoms with Crippen LogP contribution in [0.4, 0.5) is 0 Å². The van der Waals surface area contributed by atoms with E-state index in [4.69, 9.17) is 10.6 Å². The molecule has 0 bridgehead atoms. The van der Waals surface area contributed by atoms with E-state index in [-0.39, 0.29) is 6.54 Å². The molecule has 0 saturated heterocycles. The zero-order valence-electron chi connectivity index (χ0n) is 4.90. The molecule has 0 amide bonds. The van der Waals surface area contributed by atoms with Crippen LogP contribution in [0.5, 0.6) is 0 Å². The Hall–Kier alpha value is -0.220. The summed E-state index contributed by atoms with van der Waals surface area (Å²) in [5.41, 5.74) is 4.84. The normalized spacial score (nSPS) is 12.8.